The molecule has 1 unspecified atom stereocenters. The lowest BCUT2D eigenvalue weighted by Crippen LogP contribution is -2.40. The molecule has 19 heavy (non-hydrogen) atoms. The van der Waals surface area contributed by atoms with E-state index in [9.17, 15) is 18.0 Å². The minimum Gasteiger partial charge on any atom is -0.382 e. The molecule has 1 rings (SSSR count). The number of carbonyl (C=O) groups is 1. The minimum atomic E-state index is -4.71. The fourth-order valence-corrected chi connectivity index (χ4v) is 1.55. The molecule has 0 radical (unpaired) electrons. The predicted octanol–water partition coefficient (Wildman–Crippen LogP) is 1.97. The Morgan fingerprint density at radius 2 is 2.00 bits per heavy atom. The third-order valence-corrected chi connectivity index (χ3v) is 2.75. The first-order valence-electron chi connectivity index (χ1n) is 5.86. The summed E-state index contributed by atoms with van der Waals surface area (Å²) in [5.74, 6) is -0.508. The van der Waals surface area contributed by atoms with E-state index in [1.54, 1.807) is 0 Å². The largest absolute Gasteiger partial charge is 0.416 e. The summed E-state index contributed by atoms with van der Waals surface area (Å²) in [5.41, 5.74) is 2.01. The third kappa shape index (κ3) is 5.30. The van der Waals surface area contributed by atoms with Crippen molar-refractivity contribution in [1.29, 1.82) is 0 Å². The summed E-state index contributed by atoms with van der Waals surface area (Å²) in [4.78, 5) is 11.4. The molecular weight excluding hydrogens is 259 g/mol. The lowest BCUT2D eigenvalue weighted by molar-refractivity contribution is -0.201. The molecule has 0 fully saturated rings. The van der Waals surface area contributed by atoms with Crippen LogP contribution >= 0.6 is 0 Å². The number of hydrogen-bond donors (Lipinski definition) is 2. The molecule has 1 atom stereocenters. The van der Waals surface area contributed by atoms with Gasteiger partial charge in [0.05, 0.1) is 6.54 Å². The SMILES string of the molecule is Cc1ccccc1CCC(=O)NCC(O)C(F)(F)F. The van der Waals surface area contributed by atoms with E-state index in [2.05, 4.69) is 5.32 Å². The van der Waals surface area contributed by atoms with Gasteiger partial charge in [0.2, 0.25) is 5.91 Å². The number of rotatable bonds is 5. The van der Waals surface area contributed by atoms with Crippen LogP contribution in [0.25, 0.3) is 0 Å². The topological polar surface area (TPSA) is 49.3 Å². The standard InChI is InChI=1S/C13H16F3NO2/c1-9-4-2-3-5-10(9)6-7-12(19)17-8-11(18)13(14,15)16/h2-5,11,18H,6-8H2,1H3,(H,17,19). The normalized spacial score (nSPS) is 13.1. The zero-order valence-corrected chi connectivity index (χ0v) is 10.5. The molecule has 0 aliphatic carbocycles. The van der Waals surface area contributed by atoms with Gasteiger partial charge in [-0.05, 0) is 24.5 Å². The smallest absolute Gasteiger partial charge is 0.382 e. The molecule has 0 aliphatic heterocycles. The van der Waals surface area contributed by atoms with E-state index in [1.807, 2.05) is 31.2 Å². The number of halogens is 3. The number of aliphatic hydroxyl groups is 1. The molecule has 3 nitrogen and oxygen atoms in total. The Hall–Kier alpha value is -1.56. The van der Waals surface area contributed by atoms with Crippen LogP contribution in [-0.2, 0) is 11.2 Å². The number of aryl methyl sites for hydroxylation is 2. The first kappa shape index (κ1) is 15.5. The van der Waals surface area contributed by atoms with Crippen molar-refractivity contribution in [3.05, 3.63) is 35.4 Å². The third-order valence-electron chi connectivity index (χ3n) is 2.75. The maximum absolute atomic E-state index is 12.0. The van der Waals surface area contributed by atoms with Crippen LogP contribution in [-0.4, -0.2) is 29.8 Å². The van der Waals surface area contributed by atoms with Gasteiger partial charge in [-0.2, -0.15) is 13.2 Å². The van der Waals surface area contributed by atoms with Crippen LogP contribution in [0.1, 0.15) is 17.5 Å². The molecule has 1 amide bonds. The second-order valence-corrected chi connectivity index (χ2v) is 4.29. The fraction of sp³-hybridized carbons (Fsp3) is 0.462. The number of aliphatic hydroxyl groups excluding tert-OH is 1. The molecule has 106 valence electrons. The van der Waals surface area contributed by atoms with Crippen LogP contribution in [0, 0.1) is 6.92 Å². The van der Waals surface area contributed by atoms with E-state index in [1.165, 1.54) is 0 Å². The molecular formula is C13H16F3NO2. The van der Waals surface area contributed by atoms with E-state index in [0.29, 0.717) is 6.42 Å². The van der Waals surface area contributed by atoms with Crippen molar-refractivity contribution in [3.8, 4) is 0 Å². The Morgan fingerprint density at radius 3 is 2.58 bits per heavy atom. The number of alkyl halides is 3. The summed E-state index contributed by atoms with van der Waals surface area (Å²) in [5, 5.41) is 10.8. The van der Waals surface area contributed by atoms with Crippen molar-refractivity contribution in [3.63, 3.8) is 0 Å². The highest BCUT2D eigenvalue weighted by molar-refractivity contribution is 5.76. The fourth-order valence-electron chi connectivity index (χ4n) is 1.55. The highest BCUT2D eigenvalue weighted by Crippen LogP contribution is 2.19. The maximum atomic E-state index is 12.0. The Morgan fingerprint density at radius 1 is 1.37 bits per heavy atom. The van der Waals surface area contributed by atoms with E-state index in [0.717, 1.165) is 11.1 Å². The first-order valence-corrected chi connectivity index (χ1v) is 5.86. The van der Waals surface area contributed by atoms with Gasteiger partial charge in [0.25, 0.3) is 0 Å². The maximum Gasteiger partial charge on any atom is 0.416 e. The molecule has 1 aromatic carbocycles. The average molecular weight is 275 g/mol. The molecule has 0 heterocycles. The number of carbonyl (C=O) groups excluding carboxylic acids is 1. The lowest BCUT2D eigenvalue weighted by atomic mass is 10.0. The van der Waals surface area contributed by atoms with Crippen LogP contribution in [0.15, 0.2) is 24.3 Å². The van der Waals surface area contributed by atoms with Gasteiger partial charge < -0.3 is 10.4 Å². The van der Waals surface area contributed by atoms with Crippen molar-refractivity contribution >= 4 is 5.91 Å². The quantitative estimate of drug-likeness (QED) is 0.863. The number of nitrogens with one attached hydrogen (secondary N) is 1. The zero-order valence-electron chi connectivity index (χ0n) is 10.5. The van der Waals surface area contributed by atoms with Crippen LogP contribution in [0.2, 0.25) is 0 Å². The summed E-state index contributed by atoms with van der Waals surface area (Å²) in [6.07, 6.45) is -6.67. The second-order valence-electron chi connectivity index (χ2n) is 4.29. The van der Waals surface area contributed by atoms with E-state index in [4.69, 9.17) is 5.11 Å². The summed E-state index contributed by atoms with van der Waals surface area (Å²) >= 11 is 0. The van der Waals surface area contributed by atoms with Gasteiger partial charge in [-0.3, -0.25) is 4.79 Å². The molecule has 0 bridgehead atoms. The Balaban J connectivity index is 2.35. The van der Waals surface area contributed by atoms with E-state index < -0.39 is 24.7 Å². The summed E-state index contributed by atoms with van der Waals surface area (Å²) < 4.78 is 36.0. The Bertz CT molecular complexity index is 432. The van der Waals surface area contributed by atoms with Gasteiger partial charge in [-0.15, -0.1) is 0 Å². The second kappa shape index (κ2) is 6.56. The van der Waals surface area contributed by atoms with Crippen molar-refractivity contribution in [2.75, 3.05) is 6.54 Å². The van der Waals surface area contributed by atoms with Gasteiger partial charge in [0.15, 0.2) is 6.10 Å². The van der Waals surface area contributed by atoms with Gasteiger partial charge in [-0.1, -0.05) is 24.3 Å². The predicted molar refractivity (Wildman–Crippen MR) is 64.6 cm³/mol. The summed E-state index contributed by atoms with van der Waals surface area (Å²) in [6.45, 7) is 1.09. The van der Waals surface area contributed by atoms with Crippen molar-refractivity contribution in [2.45, 2.75) is 32.0 Å². The molecule has 0 saturated heterocycles. The number of amides is 1. The molecule has 2 N–H and O–H groups in total. The summed E-state index contributed by atoms with van der Waals surface area (Å²) in [7, 11) is 0. The Labute approximate surface area is 109 Å². The molecule has 0 saturated carbocycles. The molecule has 0 aromatic heterocycles. The van der Waals surface area contributed by atoms with Gasteiger partial charge in [-0.25, -0.2) is 0 Å². The minimum absolute atomic E-state index is 0.0927. The molecule has 0 aliphatic rings. The van der Waals surface area contributed by atoms with Crippen LogP contribution in [0.4, 0.5) is 13.2 Å². The average Bonchev–Trinajstić information content (AvgIpc) is 2.33. The van der Waals surface area contributed by atoms with Gasteiger partial charge >= 0.3 is 6.18 Å². The number of hydrogen-bond acceptors (Lipinski definition) is 2. The van der Waals surface area contributed by atoms with Crippen LogP contribution in [0.3, 0.4) is 0 Å². The first-order chi connectivity index (χ1) is 8.80. The summed E-state index contributed by atoms with van der Waals surface area (Å²) in [6, 6.07) is 7.49. The van der Waals surface area contributed by atoms with Crippen molar-refractivity contribution in [1.82, 2.24) is 5.32 Å². The van der Waals surface area contributed by atoms with Gasteiger partial charge in [0.1, 0.15) is 0 Å². The highest BCUT2D eigenvalue weighted by atomic mass is 19.4. The van der Waals surface area contributed by atoms with E-state index >= 15 is 0 Å². The zero-order chi connectivity index (χ0) is 14.5. The highest BCUT2D eigenvalue weighted by Gasteiger charge is 2.38. The van der Waals surface area contributed by atoms with Gasteiger partial charge in [0, 0.05) is 6.42 Å². The monoisotopic (exact) mass is 275 g/mol. The molecule has 6 heteroatoms. The van der Waals surface area contributed by atoms with Crippen LogP contribution < -0.4 is 5.32 Å². The molecule has 0 spiro atoms. The van der Waals surface area contributed by atoms with Crippen molar-refractivity contribution in [2.24, 2.45) is 0 Å². The van der Waals surface area contributed by atoms with E-state index in [-0.39, 0.29) is 6.42 Å². The molecule has 1 aromatic rings. The van der Waals surface area contributed by atoms with Crippen molar-refractivity contribution < 1.29 is 23.1 Å². The van der Waals surface area contributed by atoms with Crippen LogP contribution in [0.5, 0.6) is 0 Å². The number of benzene rings is 1. The Kier molecular flexibility index (Phi) is 5.35. The lowest BCUT2D eigenvalue weighted by Gasteiger charge is -2.15.